The van der Waals surface area contributed by atoms with Crippen LogP contribution in [0.4, 0.5) is 4.39 Å². The molecule has 0 spiro atoms. The Kier molecular flexibility index (Phi) is 6.46. The fourth-order valence-electron chi connectivity index (χ4n) is 2.37. The van der Waals surface area contributed by atoms with Crippen molar-refractivity contribution in [1.29, 1.82) is 0 Å². The number of benzene rings is 1. The molecule has 2 unspecified atom stereocenters. The normalized spacial score (nSPS) is 14.7. The lowest BCUT2D eigenvalue weighted by atomic mass is 9.92. The SMILES string of the molecule is CCNC(c1ccc(F)c(C)c1)C(OCC)C(C)C. The zero-order valence-corrected chi connectivity index (χ0v) is 12.7. The third-order valence-electron chi connectivity index (χ3n) is 3.31. The Morgan fingerprint density at radius 3 is 2.42 bits per heavy atom. The summed E-state index contributed by atoms with van der Waals surface area (Å²) in [7, 11) is 0. The average Bonchev–Trinajstić information content (AvgIpc) is 2.37. The van der Waals surface area contributed by atoms with Gasteiger partial charge in [-0.2, -0.15) is 0 Å². The van der Waals surface area contributed by atoms with Crippen molar-refractivity contribution >= 4 is 0 Å². The fraction of sp³-hybridized carbons (Fsp3) is 0.625. The monoisotopic (exact) mass is 267 g/mol. The van der Waals surface area contributed by atoms with Crippen LogP contribution in [-0.2, 0) is 4.74 Å². The molecule has 0 aliphatic rings. The van der Waals surface area contributed by atoms with Crippen LogP contribution in [-0.4, -0.2) is 19.3 Å². The third-order valence-corrected chi connectivity index (χ3v) is 3.31. The van der Waals surface area contributed by atoms with Crippen LogP contribution in [0.15, 0.2) is 18.2 Å². The Bertz CT molecular complexity index is 392. The van der Waals surface area contributed by atoms with Crippen molar-refractivity contribution in [2.75, 3.05) is 13.2 Å². The number of hydrogen-bond donors (Lipinski definition) is 1. The van der Waals surface area contributed by atoms with Crippen molar-refractivity contribution < 1.29 is 9.13 Å². The van der Waals surface area contributed by atoms with E-state index in [9.17, 15) is 4.39 Å². The lowest BCUT2D eigenvalue weighted by Crippen LogP contribution is -2.37. The van der Waals surface area contributed by atoms with E-state index in [0.29, 0.717) is 18.1 Å². The molecular formula is C16H26FNO. The van der Waals surface area contributed by atoms with Crippen LogP contribution in [0.3, 0.4) is 0 Å². The summed E-state index contributed by atoms with van der Waals surface area (Å²) < 4.78 is 19.3. The summed E-state index contributed by atoms with van der Waals surface area (Å²) >= 11 is 0. The summed E-state index contributed by atoms with van der Waals surface area (Å²) in [5.41, 5.74) is 1.77. The molecule has 19 heavy (non-hydrogen) atoms. The summed E-state index contributed by atoms with van der Waals surface area (Å²) in [4.78, 5) is 0. The first kappa shape index (κ1) is 16.1. The van der Waals surface area contributed by atoms with Gasteiger partial charge in [-0.05, 0) is 43.5 Å². The summed E-state index contributed by atoms with van der Waals surface area (Å²) in [6.45, 7) is 11.7. The van der Waals surface area contributed by atoms with Gasteiger partial charge in [0.25, 0.3) is 0 Å². The number of likely N-dealkylation sites (N-methyl/N-ethyl adjacent to an activating group) is 1. The summed E-state index contributed by atoms with van der Waals surface area (Å²) in [6.07, 6.45) is 0.0924. The van der Waals surface area contributed by atoms with Crippen LogP contribution < -0.4 is 5.32 Å². The Balaban J connectivity index is 3.06. The van der Waals surface area contributed by atoms with E-state index in [2.05, 4.69) is 26.1 Å². The number of hydrogen-bond acceptors (Lipinski definition) is 2. The summed E-state index contributed by atoms with van der Waals surface area (Å²) in [5.74, 6) is 0.242. The van der Waals surface area contributed by atoms with Crippen molar-refractivity contribution in [3.05, 3.63) is 35.1 Å². The van der Waals surface area contributed by atoms with Gasteiger partial charge in [-0.3, -0.25) is 0 Å². The highest BCUT2D eigenvalue weighted by Gasteiger charge is 2.26. The van der Waals surface area contributed by atoms with Gasteiger partial charge in [-0.25, -0.2) is 4.39 Å². The molecule has 0 heterocycles. The van der Waals surface area contributed by atoms with Gasteiger partial charge in [-0.1, -0.05) is 32.9 Å². The molecule has 0 radical (unpaired) electrons. The van der Waals surface area contributed by atoms with E-state index in [1.165, 1.54) is 0 Å². The largest absolute Gasteiger partial charge is 0.376 e. The van der Waals surface area contributed by atoms with Gasteiger partial charge >= 0.3 is 0 Å². The lowest BCUT2D eigenvalue weighted by molar-refractivity contribution is 0.00315. The van der Waals surface area contributed by atoms with Crippen LogP contribution in [0.25, 0.3) is 0 Å². The van der Waals surface area contributed by atoms with E-state index in [-0.39, 0.29) is 18.0 Å². The number of ether oxygens (including phenoxy) is 1. The first-order chi connectivity index (χ1) is 9.01. The van der Waals surface area contributed by atoms with Crippen molar-refractivity contribution in [3.8, 4) is 0 Å². The first-order valence-electron chi connectivity index (χ1n) is 7.12. The first-order valence-corrected chi connectivity index (χ1v) is 7.12. The quantitative estimate of drug-likeness (QED) is 0.810. The Morgan fingerprint density at radius 2 is 1.95 bits per heavy atom. The molecule has 0 amide bonds. The van der Waals surface area contributed by atoms with Crippen LogP contribution in [0, 0.1) is 18.7 Å². The molecule has 0 bridgehead atoms. The van der Waals surface area contributed by atoms with Crippen LogP contribution in [0.5, 0.6) is 0 Å². The predicted octanol–water partition coefficient (Wildman–Crippen LogP) is 3.85. The molecule has 0 aromatic heterocycles. The van der Waals surface area contributed by atoms with Gasteiger partial charge in [0.2, 0.25) is 0 Å². The molecule has 0 fully saturated rings. The minimum Gasteiger partial charge on any atom is -0.376 e. The van der Waals surface area contributed by atoms with Gasteiger partial charge < -0.3 is 10.1 Å². The second-order valence-corrected chi connectivity index (χ2v) is 5.21. The molecule has 0 saturated heterocycles. The molecule has 1 aromatic carbocycles. The maximum Gasteiger partial charge on any atom is 0.126 e. The third kappa shape index (κ3) is 4.29. The van der Waals surface area contributed by atoms with Crippen LogP contribution in [0.1, 0.15) is 44.9 Å². The Morgan fingerprint density at radius 1 is 1.26 bits per heavy atom. The van der Waals surface area contributed by atoms with Gasteiger partial charge in [0.05, 0.1) is 12.1 Å². The molecule has 2 nitrogen and oxygen atoms in total. The highest BCUT2D eigenvalue weighted by molar-refractivity contribution is 5.27. The van der Waals surface area contributed by atoms with Crippen molar-refractivity contribution in [2.45, 2.75) is 46.8 Å². The highest BCUT2D eigenvalue weighted by atomic mass is 19.1. The zero-order valence-electron chi connectivity index (χ0n) is 12.7. The van der Waals surface area contributed by atoms with Crippen LogP contribution >= 0.6 is 0 Å². The predicted molar refractivity (Wildman–Crippen MR) is 77.8 cm³/mol. The maximum atomic E-state index is 13.4. The number of halogens is 1. The molecular weight excluding hydrogens is 241 g/mol. The fourth-order valence-corrected chi connectivity index (χ4v) is 2.37. The van der Waals surface area contributed by atoms with E-state index in [1.54, 1.807) is 13.0 Å². The molecule has 108 valence electrons. The second kappa shape index (κ2) is 7.61. The lowest BCUT2D eigenvalue weighted by Gasteiger charge is -2.31. The van der Waals surface area contributed by atoms with E-state index in [0.717, 1.165) is 12.1 Å². The van der Waals surface area contributed by atoms with Crippen molar-refractivity contribution in [3.63, 3.8) is 0 Å². The standard InChI is InChI=1S/C16H26FNO/c1-6-18-15(16(11(3)4)19-7-2)13-8-9-14(17)12(5)10-13/h8-11,15-16,18H,6-7H2,1-5H3. The highest BCUT2D eigenvalue weighted by Crippen LogP contribution is 2.26. The van der Waals surface area contributed by atoms with Gasteiger partial charge in [0.1, 0.15) is 5.82 Å². The molecule has 0 saturated carbocycles. The van der Waals surface area contributed by atoms with E-state index < -0.39 is 0 Å². The minimum atomic E-state index is -0.156. The summed E-state index contributed by atoms with van der Waals surface area (Å²) in [5, 5.41) is 3.46. The molecule has 1 aromatic rings. The average molecular weight is 267 g/mol. The molecule has 2 atom stereocenters. The van der Waals surface area contributed by atoms with Crippen molar-refractivity contribution in [2.24, 2.45) is 5.92 Å². The Labute approximate surface area is 116 Å². The van der Waals surface area contributed by atoms with Gasteiger partial charge in [0.15, 0.2) is 0 Å². The molecule has 3 heteroatoms. The minimum absolute atomic E-state index is 0.0924. The van der Waals surface area contributed by atoms with E-state index in [4.69, 9.17) is 4.74 Å². The van der Waals surface area contributed by atoms with Crippen LogP contribution in [0.2, 0.25) is 0 Å². The molecule has 0 aliphatic carbocycles. The van der Waals surface area contributed by atoms with E-state index >= 15 is 0 Å². The topological polar surface area (TPSA) is 21.3 Å². The molecule has 1 rings (SSSR count). The Hall–Kier alpha value is -0.930. The number of nitrogens with one attached hydrogen (secondary N) is 1. The van der Waals surface area contributed by atoms with Gasteiger partial charge in [0, 0.05) is 6.61 Å². The number of rotatable bonds is 7. The maximum absolute atomic E-state index is 13.4. The van der Waals surface area contributed by atoms with E-state index in [1.807, 2.05) is 19.1 Å². The van der Waals surface area contributed by atoms with Crippen molar-refractivity contribution in [1.82, 2.24) is 5.32 Å². The molecule has 1 N–H and O–H groups in total. The van der Waals surface area contributed by atoms with Gasteiger partial charge in [-0.15, -0.1) is 0 Å². The smallest absolute Gasteiger partial charge is 0.126 e. The summed E-state index contributed by atoms with van der Waals surface area (Å²) in [6, 6.07) is 5.41. The second-order valence-electron chi connectivity index (χ2n) is 5.21. The number of aryl methyl sites for hydroxylation is 1. The zero-order chi connectivity index (χ0) is 14.4. The molecule has 0 aliphatic heterocycles.